The van der Waals surface area contributed by atoms with E-state index in [0.29, 0.717) is 12.0 Å². The Morgan fingerprint density at radius 2 is 2.12 bits per heavy atom. The molecule has 0 spiro atoms. The molecule has 1 aliphatic rings. The first-order chi connectivity index (χ1) is 7.63. The topological polar surface area (TPSA) is 21.3 Å². The van der Waals surface area contributed by atoms with Crippen molar-refractivity contribution in [2.24, 2.45) is 5.92 Å². The monoisotopic (exact) mass is 239 g/mol. The molecule has 1 heterocycles. The van der Waals surface area contributed by atoms with Crippen molar-refractivity contribution in [3.8, 4) is 5.75 Å². The van der Waals surface area contributed by atoms with E-state index >= 15 is 0 Å². The molecule has 0 saturated heterocycles. The van der Waals surface area contributed by atoms with Gasteiger partial charge in [-0.25, -0.2) is 0 Å². The van der Waals surface area contributed by atoms with Crippen LogP contribution in [-0.2, 0) is 6.42 Å². The van der Waals surface area contributed by atoms with Crippen LogP contribution < -0.4 is 10.1 Å². The van der Waals surface area contributed by atoms with Crippen LogP contribution in [-0.4, -0.2) is 13.7 Å². The van der Waals surface area contributed by atoms with Crippen LogP contribution in [0.1, 0.15) is 31.0 Å². The maximum absolute atomic E-state index is 6.15. The molecule has 2 nitrogen and oxygen atoms in total. The van der Waals surface area contributed by atoms with Crippen LogP contribution in [0.4, 0.5) is 0 Å². The summed E-state index contributed by atoms with van der Waals surface area (Å²) in [6.45, 7) is 5.17. The van der Waals surface area contributed by atoms with E-state index < -0.39 is 0 Å². The highest BCUT2D eigenvalue weighted by Gasteiger charge is 2.24. The molecule has 0 aromatic heterocycles. The Morgan fingerprint density at radius 3 is 2.75 bits per heavy atom. The van der Waals surface area contributed by atoms with Crippen molar-refractivity contribution in [3.05, 3.63) is 28.3 Å². The fourth-order valence-corrected chi connectivity index (χ4v) is 2.63. The van der Waals surface area contributed by atoms with Crippen molar-refractivity contribution in [3.63, 3.8) is 0 Å². The molecule has 0 saturated carbocycles. The first-order valence-corrected chi connectivity index (χ1v) is 6.13. The lowest BCUT2D eigenvalue weighted by molar-refractivity contribution is 0.341. The van der Waals surface area contributed by atoms with Crippen LogP contribution in [0.25, 0.3) is 0 Å². The molecule has 0 fully saturated rings. The number of ether oxygens (including phenoxy) is 1. The van der Waals surface area contributed by atoms with Crippen molar-refractivity contribution < 1.29 is 4.74 Å². The second-order valence-corrected chi connectivity index (χ2v) is 5.03. The number of benzene rings is 1. The summed E-state index contributed by atoms with van der Waals surface area (Å²) in [6.07, 6.45) is 0.970. The Bertz CT molecular complexity index is 390. The van der Waals surface area contributed by atoms with Gasteiger partial charge >= 0.3 is 0 Å². The van der Waals surface area contributed by atoms with E-state index in [1.165, 1.54) is 11.1 Å². The average molecular weight is 240 g/mol. The molecule has 1 aromatic rings. The van der Waals surface area contributed by atoms with Crippen LogP contribution in [0.15, 0.2) is 12.1 Å². The molecule has 3 heteroatoms. The van der Waals surface area contributed by atoms with E-state index in [0.717, 1.165) is 23.8 Å². The number of hydrogen-bond acceptors (Lipinski definition) is 2. The van der Waals surface area contributed by atoms with Crippen molar-refractivity contribution in [2.45, 2.75) is 26.3 Å². The van der Waals surface area contributed by atoms with Gasteiger partial charge in [-0.2, -0.15) is 0 Å². The lowest BCUT2D eigenvalue weighted by Crippen LogP contribution is -2.22. The van der Waals surface area contributed by atoms with Crippen molar-refractivity contribution in [1.29, 1.82) is 0 Å². The van der Waals surface area contributed by atoms with Gasteiger partial charge < -0.3 is 10.1 Å². The fraction of sp³-hybridized carbons (Fsp3) is 0.538. The van der Waals surface area contributed by atoms with E-state index in [1.807, 2.05) is 19.2 Å². The molecule has 1 unspecified atom stereocenters. The normalized spacial score (nSPS) is 16.1. The largest absolute Gasteiger partial charge is 0.493 e. The fourth-order valence-electron chi connectivity index (χ4n) is 2.38. The molecule has 0 bridgehead atoms. The van der Waals surface area contributed by atoms with Crippen molar-refractivity contribution >= 4 is 11.6 Å². The summed E-state index contributed by atoms with van der Waals surface area (Å²) < 4.78 is 5.72. The molecule has 0 amide bonds. The van der Waals surface area contributed by atoms with Gasteiger partial charge in [0.1, 0.15) is 5.75 Å². The molecule has 2 rings (SSSR count). The second-order valence-electron chi connectivity index (χ2n) is 4.59. The van der Waals surface area contributed by atoms with E-state index in [2.05, 4.69) is 19.2 Å². The third-order valence-corrected chi connectivity index (χ3v) is 3.31. The molecule has 0 radical (unpaired) electrons. The maximum atomic E-state index is 6.15. The number of fused-ring (bicyclic) bond motifs is 1. The summed E-state index contributed by atoms with van der Waals surface area (Å²) in [5.41, 5.74) is 2.43. The zero-order valence-electron chi connectivity index (χ0n) is 10.0. The molecule has 1 N–H and O–H groups in total. The van der Waals surface area contributed by atoms with E-state index in [4.69, 9.17) is 16.3 Å². The Balaban J connectivity index is 2.47. The lowest BCUT2D eigenvalue weighted by atomic mass is 9.94. The van der Waals surface area contributed by atoms with Crippen LogP contribution in [0.2, 0.25) is 5.02 Å². The zero-order chi connectivity index (χ0) is 11.7. The summed E-state index contributed by atoms with van der Waals surface area (Å²) in [6, 6.07) is 4.33. The van der Waals surface area contributed by atoms with Gasteiger partial charge in [-0.1, -0.05) is 25.4 Å². The third kappa shape index (κ3) is 2.04. The molecule has 88 valence electrons. The Hall–Kier alpha value is -0.730. The van der Waals surface area contributed by atoms with Gasteiger partial charge in [0.25, 0.3) is 0 Å². The first kappa shape index (κ1) is 11.7. The summed E-state index contributed by atoms with van der Waals surface area (Å²) in [5, 5.41) is 4.14. The van der Waals surface area contributed by atoms with E-state index in [-0.39, 0.29) is 0 Å². The van der Waals surface area contributed by atoms with Gasteiger partial charge in [0.2, 0.25) is 0 Å². The second kappa shape index (κ2) is 4.64. The molecule has 0 aliphatic carbocycles. The lowest BCUT2D eigenvalue weighted by Gasteiger charge is -2.23. The van der Waals surface area contributed by atoms with Crippen LogP contribution in [0.5, 0.6) is 5.75 Å². The number of halogens is 1. The van der Waals surface area contributed by atoms with E-state index in [9.17, 15) is 0 Å². The minimum atomic E-state index is 0.297. The van der Waals surface area contributed by atoms with E-state index in [1.54, 1.807) is 0 Å². The Labute approximate surface area is 102 Å². The van der Waals surface area contributed by atoms with Crippen LogP contribution in [0.3, 0.4) is 0 Å². The standard InChI is InChI=1S/C13H18ClNO/c1-8(2)12(15-3)11-7-10(14)6-9-4-5-16-13(9)11/h6-8,12,15H,4-5H2,1-3H3. The molecule has 16 heavy (non-hydrogen) atoms. The number of rotatable bonds is 3. The van der Waals surface area contributed by atoms with Crippen LogP contribution >= 0.6 is 11.6 Å². The predicted molar refractivity (Wildman–Crippen MR) is 67.3 cm³/mol. The molecule has 1 aromatic carbocycles. The Kier molecular flexibility index (Phi) is 3.41. The summed E-state index contributed by atoms with van der Waals surface area (Å²) in [4.78, 5) is 0. The van der Waals surface area contributed by atoms with Gasteiger partial charge in [-0.15, -0.1) is 0 Å². The number of hydrogen-bond donors (Lipinski definition) is 1. The van der Waals surface area contributed by atoms with Crippen molar-refractivity contribution in [2.75, 3.05) is 13.7 Å². The molecular formula is C13H18ClNO. The predicted octanol–water partition coefficient (Wildman–Crippen LogP) is 3.19. The summed E-state index contributed by atoms with van der Waals surface area (Å²) in [7, 11) is 1.98. The van der Waals surface area contributed by atoms with Gasteiger partial charge in [-0.3, -0.25) is 0 Å². The first-order valence-electron chi connectivity index (χ1n) is 5.76. The van der Waals surface area contributed by atoms with Gasteiger partial charge in [0.15, 0.2) is 0 Å². The maximum Gasteiger partial charge on any atom is 0.127 e. The number of nitrogens with one attached hydrogen (secondary N) is 1. The van der Waals surface area contributed by atoms with Gasteiger partial charge in [0.05, 0.1) is 6.61 Å². The third-order valence-electron chi connectivity index (χ3n) is 3.09. The quantitative estimate of drug-likeness (QED) is 0.875. The highest BCUT2D eigenvalue weighted by molar-refractivity contribution is 6.30. The minimum Gasteiger partial charge on any atom is -0.493 e. The van der Waals surface area contributed by atoms with Crippen molar-refractivity contribution in [1.82, 2.24) is 5.32 Å². The SMILES string of the molecule is CNC(c1cc(Cl)cc2c1OCC2)C(C)C. The zero-order valence-corrected chi connectivity index (χ0v) is 10.8. The van der Waals surface area contributed by atoms with Crippen LogP contribution in [0, 0.1) is 5.92 Å². The Morgan fingerprint density at radius 1 is 1.38 bits per heavy atom. The summed E-state index contributed by atoms with van der Waals surface area (Å²) >= 11 is 6.15. The summed E-state index contributed by atoms with van der Waals surface area (Å²) in [5.74, 6) is 1.55. The molecule has 1 atom stereocenters. The highest BCUT2D eigenvalue weighted by Crippen LogP contribution is 2.38. The highest BCUT2D eigenvalue weighted by atomic mass is 35.5. The minimum absolute atomic E-state index is 0.297. The molecular weight excluding hydrogens is 222 g/mol. The smallest absolute Gasteiger partial charge is 0.127 e. The average Bonchev–Trinajstić information content (AvgIpc) is 2.65. The molecule has 1 aliphatic heterocycles. The van der Waals surface area contributed by atoms with Gasteiger partial charge in [0, 0.05) is 23.0 Å². The van der Waals surface area contributed by atoms with Gasteiger partial charge in [-0.05, 0) is 30.7 Å².